The van der Waals surface area contributed by atoms with Gasteiger partial charge >= 0.3 is 0 Å². The van der Waals surface area contributed by atoms with Gasteiger partial charge in [-0.25, -0.2) is 0 Å². The third kappa shape index (κ3) is 1.80. The molecule has 1 aromatic heterocycles. The topological polar surface area (TPSA) is 45.2 Å². The molecule has 1 aliphatic carbocycles. The van der Waals surface area contributed by atoms with Gasteiger partial charge in [-0.3, -0.25) is 9.78 Å². The molecule has 4 nitrogen and oxygen atoms in total. The molecule has 4 heteroatoms. The van der Waals surface area contributed by atoms with E-state index in [1.165, 1.54) is 12.8 Å². The van der Waals surface area contributed by atoms with Gasteiger partial charge < -0.3 is 10.2 Å². The van der Waals surface area contributed by atoms with Crippen LogP contribution in [-0.2, 0) is 4.79 Å². The Morgan fingerprint density at radius 2 is 2.25 bits per heavy atom. The number of aromatic nitrogens is 1. The Balaban J connectivity index is 1.71. The van der Waals surface area contributed by atoms with Crippen LogP contribution in [-0.4, -0.2) is 29.5 Å². The summed E-state index contributed by atoms with van der Waals surface area (Å²) in [4.78, 5) is 18.0. The molecular formula is C12H15N3O. The lowest BCUT2D eigenvalue weighted by Gasteiger charge is -2.16. The number of carbonyl (C=O) groups is 1. The van der Waals surface area contributed by atoms with Gasteiger partial charge in [0.1, 0.15) is 0 Å². The predicted octanol–water partition coefficient (Wildman–Crippen LogP) is 0.939. The highest BCUT2D eigenvalue weighted by atomic mass is 16.2. The highest BCUT2D eigenvalue weighted by Crippen LogP contribution is 2.25. The van der Waals surface area contributed by atoms with Crippen molar-refractivity contribution in [1.82, 2.24) is 10.3 Å². The lowest BCUT2D eigenvalue weighted by atomic mass is 10.2. The summed E-state index contributed by atoms with van der Waals surface area (Å²) in [5.74, 6) is 0.194. The highest BCUT2D eigenvalue weighted by molar-refractivity contribution is 5.99. The number of pyridine rings is 1. The lowest BCUT2D eigenvalue weighted by molar-refractivity contribution is -0.118. The average molecular weight is 217 g/mol. The predicted molar refractivity (Wildman–Crippen MR) is 61.2 cm³/mol. The molecule has 1 aromatic rings. The van der Waals surface area contributed by atoms with Crippen molar-refractivity contribution in [2.45, 2.75) is 31.3 Å². The standard InChI is InChI=1S/C12H15N3O/c16-12-11(14-9-3-4-9)5-7-15(12)10-2-1-6-13-8-10/h1-2,6,8-9,11,14H,3-5,7H2. The molecule has 1 aliphatic heterocycles. The number of carbonyl (C=O) groups excluding carboxylic acids is 1. The molecule has 0 spiro atoms. The third-order valence-corrected chi connectivity index (χ3v) is 3.18. The molecule has 2 heterocycles. The minimum atomic E-state index is 0.0210. The van der Waals surface area contributed by atoms with Crippen LogP contribution in [0.1, 0.15) is 19.3 Å². The number of rotatable bonds is 3. The molecule has 0 radical (unpaired) electrons. The van der Waals surface area contributed by atoms with E-state index in [1.54, 1.807) is 12.4 Å². The smallest absolute Gasteiger partial charge is 0.244 e. The zero-order valence-electron chi connectivity index (χ0n) is 9.10. The zero-order valence-corrected chi connectivity index (χ0v) is 9.10. The minimum absolute atomic E-state index is 0.0210. The second kappa shape index (κ2) is 3.87. The molecule has 0 bridgehead atoms. The summed E-state index contributed by atoms with van der Waals surface area (Å²) < 4.78 is 0. The van der Waals surface area contributed by atoms with Crippen molar-refractivity contribution in [3.05, 3.63) is 24.5 Å². The fourth-order valence-electron chi connectivity index (χ4n) is 2.14. The van der Waals surface area contributed by atoms with Crippen LogP contribution in [0.15, 0.2) is 24.5 Å². The lowest BCUT2D eigenvalue weighted by Crippen LogP contribution is -2.39. The number of nitrogens with zero attached hydrogens (tertiary/aromatic N) is 2. The first-order valence-corrected chi connectivity index (χ1v) is 5.82. The van der Waals surface area contributed by atoms with Gasteiger partial charge in [-0.15, -0.1) is 0 Å². The van der Waals surface area contributed by atoms with Crippen molar-refractivity contribution in [1.29, 1.82) is 0 Å². The van der Waals surface area contributed by atoms with Gasteiger partial charge in [0.05, 0.1) is 17.9 Å². The van der Waals surface area contributed by atoms with Gasteiger partial charge in [0, 0.05) is 18.8 Å². The Kier molecular flexibility index (Phi) is 2.36. The first-order valence-electron chi connectivity index (χ1n) is 5.82. The van der Waals surface area contributed by atoms with Gasteiger partial charge in [0.25, 0.3) is 0 Å². The van der Waals surface area contributed by atoms with Crippen LogP contribution >= 0.6 is 0 Å². The number of hydrogen-bond acceptors (Lipinski definition) is 3. The Bertz CT molecular complexity index is 389. The molecule has 1 unspecified atom stereocenters. The summed E-state index contributed by atoms with van der Waals surface area (Å²) >= 11 is 0. The van der Waals surface area contributed by atoms with Crippen molar-refractivity contribution < 1.29 is 4.79 Å². The summed E-state index contributed by atoms with van der Waals surface area (Å²) in [5, 5.41) is 3.39. The van der Waals surface area contributed by atoms with Crippen LogP contribution in [0.2, 0.25) is 0 Å². The van der Waals surface area contributed by atoms with Crippen molar-refractivity contribution in [3.8, 4) is 0 Å². The molecule has 84 valence electrons. The maximum atomic E-state index is 12.1. The van der Waals surface area contributed by atoms with Crippen molar-refractivity contribution in [2.75, 3.05) is 11.4 Å². The second-order valence-electron chi connectivity index (χ2n) is 4.48. The molecule has 16 heavy (non-hydrogen) atoms. The van der Waals surface area contributed by atoms with E-state index in [0.717, 1.165) is 18.7 Å². The monoisotopic (exact) mass is 217 g/mol. The van der Waals surface area contributed by atoms with Gasteiger partial charge in [0.15, 0.2) is 0 Å². The van der Waals surface area contributed by atoms with E-state index in [-0.39, 0.29) is 11.9 Å². The molecule has 2 aliphatic rings. The van der Waals surface area contributed by atoms with E-state index in [1.807, 2.05) is 17.0 Å². The number of amides is 1. The molecule has 1 N–H and O–H groups in total. The fraction of sp³-hybridized carbons (Fsp3) is 0.500. The quantitative estimate of drug-likeness (QED) is 0.819. The zero-order chi connectivity index (χ0) is 11.0. The summed E-state index contributed by atoms with van der Waals surface area (Å²) in [6.45, 7) is 0.801. The van der Waals surface area contributed by atoms with Crippen molar-refractivity contribution in [2.24, 2.45) is 0 Å². The van der Waals surface area contributed by atoms with Crippen LogP contribution in [0.3, 0.4) is 0 Å². The number of nitrogens with one attached hydrogen (secondary N) is 1. The molecule has 1 saturated heterocycles. The summed E-state index contributed by atoms with van der Waals surface area (Å²) in [5.41, 5.74) is 0.910. The Hall–Kier alpha value is -1.42. The van der Waals surface area contributed by atoms with E-state index < -0.39 is 0 Å². The van der Waals surface area contributed by atoms with Gasteiger partial charge in [-0.2, -0.15) is 0 Å². The maximum Gasteiger partial charge on any atom is 0.244 e. The van der Waals surface area contributed by atoms with Crippen LogP contribution in [0.25, 0.3) is 0 Å². The normalized spacial score (nSPS) is 25.1. The fourth-order valence-corrected chi connectivity index (χ4v) is 2.14. The highest BCUT2D eigenvalue weighted by Gasteiger charge is 2.36. The average Bonchev–Trinajstić information content (AvgIpc) is 3.06. The Labute approximate surface area is 94.7 Å². The SMILES string of the molecule is O=C1C(NC2CC2)CCN1c1cccnc1. The summed E-state index contributed by atoms with van der Waals surface area (Å²) in [6.07, 6.45) is 6.82. The van der Waals surface area contributed by atoms with E-state index in [0.29, 0.717) is 6.04 Å². The molecule has 1 amide bonds. The van der Waals surface area contributed by atoms with Gasteiger partial charge in [-0.1, -0.05) is 0 Å². The molecule has 0 aromatic carbocycles. The number of anilines is 1. The Morgan fingerprint density at radius 3 is 2.94 bits per heavy atom. The first kappa shape index (κ1) is 9.78. The first-order chi connectivity index (χ1) is 7.84. The van der Waals surface area contributed by atoms with Crippen LogP contribution < -0.4 is 10.2 Å². The van der Waals surface area contributed by atoms with Crippen LogP contribution in [0.4, 0.5) is 5.69 Å². The van der Waals surface area contributed by atoms with E-state index in [4.69, 9.17) is 0 Å². The number of hydrogen-bond donors (Lipinski definition) is 1. The molecular weight excluding hydrogens is 202 g/mol. The molecule has 1 saturated carbocycles. The van der Waals surface area contributed by atoms with Crippen LogP contribution in [0, 0.1) is 0 Å². The van der Waals surface area contributed by atoms with Gasteiger partial charge in [0.2, 0.25) is 5.91 Å². The van der Waals surface area contributed by atoms with Crippen molar-refractivity contribution in [3.63, 3.8) is 0 Å². The Morgan fingerprint density at radius 1 is 1.38 bits per heavy atom. The van der Waals surface area contributed by atoms with E-state index in [9.17, 15) is 4.79 Å². The molecule has 3 rings (SSSR count). The summed E-state index contributed by atoms with van der Waals surface area (Å²) in [6, 6.07) is 4.41. The largest absolute Gasteiger partial charge is 0.309 e. The minimum Gasteiger partial charge on any atom is -0.309 e. The van der Waals surface area contributed by atoms with Crippen LogP contribution in [0.5, 0.6) is 0 Å². The van der Waals surface area contributed by atoms with Gasteiger partial charge in [-0.05, 0) is 31.4 Å². The maximum absolute atomic E-state index is 12.1. The van der Waals surface area contributed by atoms with Crippen molar-refractivity contribution >= 4 is 11.6 Å². The second-order valence-corrected chi connectivity index (χ2v) is 4.48. The molecule has 1 atom stereocenters. The van der Waals surface area contributed by atoms with E-state index in [2.05, 4.69) is 10.3 Å². The summed E-state index contributed by atoms with van der Waals surface area (Å²) in [7, 11) is 0. The third-order valence-electron chi connectivity index (χ3n) is 3.18. The van der Waals surface area contributed by atoms with E-state index >= 15 is 0 Å². The molecule has 2 fully saturated rings.